The van der Waals surface area contributed by atoms with Crippen molar-refractivity contribution in [3.8, 4) is 0 Å². The summed E-state index contributed by atoms with van der Waals surface area (Å²) in [4.78, 5) is 4.63. The molecule has 0 amide bonds. The Hall–Kier alpha value is -0.900. The van der Waals surface area contributed by atoms with E-state index in [1.807, 2.05) is 7.05 Å². The van der Waals surface area contributed by atoms with Crippen molar-refractivity contribution in [1.29, 1.82) is 0 Å². The first-order valence-electron chi connectivity index (χ1n) is 7.83. The predicted molar refractivity (Wildman–Crippen MR) is 76.2 cm³/mol. The zero-order valence-electron chi connectivity index (χ0n) is 12.3. The van der Waals surface area contributed by atoms with Gasteiger partial charge in [0.05, 0.1) is 0 Å². The highest BCUT2D eigenvalue weighted by atomic mass is 16.5. The van der Waals surface area contributed by atoms with Gasteiger partial charge in [-0.2, -0.15) is 4.98 Å². The fraction of sp³-hybridized carbons (Fsp3) is 0.867. The maximum atomic E-state index is 5.44. The van der Waals surface area contributed by atoms with E-state index in [9.17, 15) is 0 Å². The molecule has 0 bridgehead atoms. The average molecular weight is 265 g/mol. The first-order valence-corrected chi connectivity index (χ1v) is 7.83. The lowest BCUT2D eigenvalue weighted by molar-refractivity contribution is 0.348. The maximum Gasteiger partial charge on any atom is 0.228 e. The summed E-state index contributed by atoms with van der Waals surface area (Å²) < 4.78 is 5.44. The molecule has 1 aliphatic rings. The fourth-order valence-corrected chi connectivity index (χ4v) is 2.96. The molecule has 1 N–H and O–H groups in total. The van der Waals surface area contributed by atoms with Crippen molar-refractivity contribution < 1.29 is 4.52 Å². The van der Waals surface area contributed by atoms with Gasteiger partial charge in [-0.15, -0.1) is 0 Å². The van der Waals surface area contributed by atoms with Gasteiger partial charge < -0.3 is 9.84 Å². The van der Waals surface area contributed by atoms with Crippen LogP contribution in [0, 0.1) is 0 Å². The van der Waals surface area contributed by atoms with Crippen LogP contribution in [0.5, 0.6) is 0 Å². The molecule has 1 aromatic heterocycles. The second-order valence-electron chi connectivity index (χ2n) is 5.71. The van der Waals surface area contributed by atoms with Crippen molar-refractivity contribution in [2.75, 3.05) is 7.05 Å². The third-order valence-corrected chi connectivity index (χ3v) is 4.17. The molecule has 2 rings (SSSR count). The topological polar surface area (TPSA) is 51.0 Å². The number of nitrogens with zero attached hydrogens (tertiary/aromatic N) is 2. The Morgan fingerprint density at radius 1 is 1.26 bits per heavy atom. The molecule has 1 fully saturated rings. The summed E-state index contributed by atoms with van der Waals surface area (Å²) in [6.45, 7) is 2.20. The minimum absolute atomic E-state index is 0.451. The molecule has 0 aliphatic heterocycles. The van der Waals surface area contributed by atoms with Crippen LogP contribution >= 0.6 is 0 Å². The van der Waals surface area contributed by atoms with Crippen molar-refractivity contribution in [2.24, 2.45) is 0 Å². The van der Waals surface area contributed by atoms with Gasteiger partial charge in [0.1, 0.15) is 0 Å². The van der Waals surface area contributed by atoms with E-state index in [1.54, 1.807) is 0 Å². The molecule has 0 aromatic carbocycles. The van der Waals surface area contributed by atoms with Gasteiger partial charge in [0, 0.05) is 18.4 Å². The third-order valence-electron chi connectivity index (χ3n) is 4.17. The maximum absolute atomic E-state index is 5.44. The molecular weight excluding hydrogens is 238 g/mol. The first-order chi connectivity index (χ1) is 9.33. The standard InChI is InChI=1S/C15H27N3O/c1-3-8-13(16-2)11-14-17-15(18-19-14)12-9-6-4-5-7-10-12/h12-13,16H,3-11H2,1-2H3. The van der Waals surface area contributed by atoms with Crippen LogP contribution in [0.3, 0.4) is 0 Å². The van der Waals surface area contributed by atoms with Crippen molar-refractivity contribution in [2.45, 2.75) is 76.7 Å². The van der Waals surface area contributed by atoms with E-state index in [-0.39, 0.29) is 0 Å². The molecule has 1 heterocycles. The zero-order valence-corrected chi connectivity index (χ0v) is 12.3. The van der Waals surface area contributed by atoms with Crippen LogP contribution in [0.4, 0.5) is 0 Å². The highest BCUT2D eigenvalue weighted by Gasteiger charge is 2.20. The minimum atomic E-state index is 0.451. The summed E-state index contributed by atoms with van der Waals surface area (Å²) in [5, 5.41) is 7.54. The number of aromatic nitrogens is 2. The number of hydrogen-bond acceptors (Lipinski definition) is 4. The first kappa shape index (κ1) is 14.5. The second-order valence-corrected chi connectivity index (χ2v) is 5.71. The van der Waals surface area contributed by atoms with Gasteiger partial charge >= 0.3 is 0 Å². The van der Waals surface area contributed by atoms with Crippen LogP contribution in [0.25, 0.3) is 0 Å². The number of hydrogen-bond donors (Lipinski definition) is 1. The van der Waals surface area contributed by atoms with Crippen molar-refractivity contribution >= 4 is 0 Å². The van der Waals surface area contributed by atoms with Crippen LogP contribution in [-0.4, -0.2) is 23.2 Å². The molecule has 4 heteroatoms. The molecule has 1 aliphatic carbocycles. The third kappa shape index (κ3) is 4.30. The number of rotatable bonds is 6. The SMILES string of the molecule is CCCC(Cc1nc(C2CCCCCC2)no1)NC. The Morgan fingerprint density at radius 3 is 2.63 bits per heavy atom. The lowest BCUT2D eigenvalue weighted by Gasteiger charge is -2.11. The van der Waals surface area contributed by atoms with Gasteiger partial charge in [-0.3, -0.25) is 0 Å². The van der Waals surface area contributed by atoms with E-state index in [1.165, 1.54) is 44.9 Å². The summed E-state index contributed by atoms with van der Waals surface area (Å²) in [5.41, 5.74) is 0. The van der Waals surface area contributed by atoms with Gasteiger partial charge in [0.15, 0.2) is 5.82 Å². The Morgan fingerprint density at radius 2 is 2.00 bits per heavy atom. The van der Waals surface area contributed by atoms with Crippen molar-refractivity contribution in [3.63, 3.8) is 0 Å². The lowest BCUT2D eigenvalue weighted by atomic mass is 10.00. The fourth-order valence-electron chi connectivity index (χ4n) is 2.96. The Labute approximate surface area is 116 Å². The average Bonchev–Trinajstić information content (AvgIpc) is 2.72. The van der Waals surface area contributed by atoms with E-state index in [0.717, 1.165) is 24.6 Å². The highest BCUT2D eigenvalue weighted by molar-refractivity contribution is 4.97. The van der Waals surface area contributed by atoms with E-state index in [4.69, 9.17) is 4.52 Å². The van der Waals surface area contributed by atoms with E-state index in [2.05, 4.69) is 22.4 Å². The number of likely N-dealkylation sites (N-methyl/N-ethyl adjacent to an activating group) is 1. The molecule has 0 saturated heterocycles. The van der Waals surface area contributed by atoms with Crippen LogP contribution in [0.15, 0.2) is 4.52 Å². The van der Waals surface area contributed by atoms with E-state index in [0.29, 0.717) is 12.0 Å². The highest BCUT2D eigenvalue weighted by Crippen LogP contribution is 2.29. The van der Waals surface area contributed by atoms with Gasteiger partial charge in [-0.05, 0) is 26.3 Å². The minimum Gasteiger partial charge on any atom is -0.339 e. The van der Waals surface area contributed by atoms with Gasteiger partial charge in [0.2, 0.25) is 5.89 Å². The van der Waals surface area contributed by atoms with Gasteiger partial charge in [-0.1, -0.05) is 44.2 Å². The smallest absolute Gasteiger partial charge is 0.228 e. The van der Waals surface area contributed by atoms with Gasteiger partial charge in [0.25, 0.3) is 0 Å². The predicted octanol–water partition coefficient (Wildman–Crippen LogP) is 3.44. The molecule has 108 valence electrons. The second kappa shape index (κ2) is 7.63. The van der Waals surface area contributed by atoms with Crippen LogP contribution < -0.4 is 5.32 Å². The van der Waals surface area contributed by atoms with E-state index < -0.39 is 0 Å². The van der Waals surface area contributed by atoms with Crippen molar-refractivity contribution in [1.82, 2.24) is 15.5 Å². The molecule has 1 saturated carbocycles. The summed E-state index contributed by atoms with van der Waals surface area (Å²) in [7, 11) is 2.00. The van der Waals surface area contributed by atoms with Crippen LogP contribution in [0.1, 0.15) is 75.9 Å². The zero-order chi connectivity index (χ0) is 13.5. The lowest BCUT2D eigenvalue weighted by Crippen LogP contribution is -2.27. The molecular formula is C15H27N3O. The molecule has 1 atom stereocenters. The molecule has 0 radical (unpaired) electrons. The van der Waals surface area contributed by atoms with Crippen LogP contribution in [0.2, 0.25) is 0 Å². The summed E-state index contributed by atoms with van der Waals surface area (Å²) >= 11 is 0. The van der Waals surface area contributed by atoms with Crippen LogP contribution in [-0.2, 0) is 6.42 Å². The summed E-state index contributed by atoms with van der Waals surface area (Å²) in [6.07, 6.45) is 11.0. The molecule has 0 spiro atoms. The van der Waals surface area contributed by atoms with Gasteiger partial charge in [-0.25, -0.2) is 0 Å². The van der Waals surface area contributed by atoms with Crippen molar-refractivity contribution in [3.05, 3.63) is 11.7 Å². The monoisotopic (exact) mass is 265 g/mol. The summed E-state index contributed by atoms with van der Waals surface area (Å²) in [6, 6.07) is 0.451. The Bertz CT molecular complexity index is 356. The molecule has 1 unspecified atom stereocenters. The summed E-state index contributed by atoms with van der Waals surface area (Å²) in [5.74, 6) is 2.27. The quantitative estimate of drug-likeness (QED) is 0.801. The van der Waals surface area contributed by atoms with E-state index >= 15 is 0 Å². The normalized spacial score (nSPS) is 19.3. The largest absolute Gasteiger partial charge is 0.339 e. The molecule has 1 aromatic rings. The number of nitrogens with one attached hydrogen (secondary N) is 1. The Kier molecular flexibility index (Phi) is 5.83. The Balaban J connectivity index is 1.93. The molecule has 19 heavy (non-hydrogen) atoms. The molecule has 4 nitrogen and oxygen atoms in total.